The lowest BCUT2D eigenvalue weighted by atomic mass is 9.74. The second-order valence-corrected chi connectivity index (χ2v) is 8.79. The van der Waals surface area contributed by atoms with Crippen LogP contribution in [0.5, 0.6) is 5.75 Å². The summed E-state index contributed by atoms with van der Waals surface area (Å²) in [6, 6.07) is 8.39. The predicted molar refractivity (Wildman–Crippen MR) is 144 cm³/mol. The van der Waals surface area contributed by atoms with E-state index in [1.54, 1.807) is 7.11 Å². The molecule has 0 atom stereocenters. The molecule has 1 amide bonds. The van der Waals surface area contributed by atoms with Crippen LogP contribution in [0.2, 0.25) is 0 Å². The molecule has 8 heteroatoms. The fourth-order valence-corrected chi connectivity index (χ4v) is 4.57. The Bertz CT molecular complexity index is 736. The summed E-state index contributed by atoms with van der Waals surface area (Å²) in [6.45, 7) is 7.65. The van der Waals surface area contributed by atoms with Gasteiger partial charge in [0.1, 0.15) is 5.75 Å². The van der Waals surface area contributed by atoms with Crippen molar-refractivity contribution in [1.29, 1.82) is 0 Å². The molecule has 2 saturated heterocycles. The lowest BCUT2D eigenvalue weighted by Gasteiger charge is -2.36. The summed E-state index contributed by atoms with van der Waals surface area (Å²) in [5.41, 5.74) is 1.27. The van der Waals surface area contributed by atoms with Gasteiger partial charge < -0.3 is 25.0 Å². The Morgan fingerprint density at radius 3 is 2.61 bits per heavy atom. The molecule has 2 heterocycles. The van der Waals surface area contributed by atoms with Crippen molar-refractivity contribution in [2.24, 2.45) is 4.99 Å². The number of likely N-dealkylation sites (tertiary alicyclic amines) is 1. The van der Waals surface area contributed by atoms with E-state index in [0.717, 1.165) is 83.2 Å². The maximum absolute atomic E-state index is 12.2. The second kappa shape index (κ2) is 14.7. The molecule has 0 aromatic heterocycles. The summed E-state index contributed by atoms with van der Waals surface area (Å²) in [6.07, 6.45) is 6.87. The Morgan fingerprint density at radius 2 is 1.91 bits per heavy atom. The van der Waals surface area contributed by atoms with E-state index in [1.807, 2.05) is 17.0 Å². The van der Waals surface area contributed by atoms with Gasteiger partial charge in [-0.3, -0.25) is 9.79 Å². The lowest BCUT2D eigenvalue weighted by Crippen LogP contribution is -2.42. The van der Waals surface area contributed by atoms with Crippen molar-refractivity contribution in [3.05, 3.63) is 29.8 Å². The van der Waals surface area contributed by atoms with Crippen LogP contribution >= 0.6 is 24.0 Å². The highest BCUT2D eigenvalue weighted by Gasteiger charge is 2.34. The maximum Gasteiger partial charge on any atom is 0.222 e. The van der Waals surface area contributed by atoms with Gasteiger partial charge in [-0.1, -0.05) is 18.6 Å². The Morgan fingerprint density at radius 1 is 1.15 bits per heavy atom. The molecule has 7 nitrogen and oxygen atoms in total. The van der Waals surface area contributed by atoms with Crippen LogP contribution in [-0.4, -0.2) is 69.8 Å². The average molecular weight is 573 g/mol. The van der Waals surface area contributed by atoms with E-state index in [0.29, 0.717) is 18.9 Å². The third-order valence-corrected chi connectivity index (χ3v) is 6.60. The minimum atomic E-state index is -0.0225. The summed E-state index contributed by atoms with van der Waals surface area (Å²) in [5.74, 6) is 2.02. The summed E-state index contributed by atoms with van der Waals surface area (Å²) in [7, 11) is 1.70. The first-order valence-electron chi connectivity index (χ1n) is 12.2. The van der Waals surface area contributed by atoms with Gasteiger partial charge in [-0.05, 0) is 56.7 Å². The number of nitrogens with zero attached hydrogens (tertiary/aromatic N) is 2. The van der Waals surface area contributed by atoms with Crippen molar-refractivity contribution < 1.29 is 14.3 Å². The highest BCUT2D eigenvalue weighted by molar-refractivity contribution is 14.0. The van der Waals surface area contributed by atoms with Gasteiger partial charge >= 0.3 is 0 Å². The Labute approximate surface area is 216 Å². The maximum atomic E-state index is 12.2. The molecular weight excluding hydrogens is 531 g/mol. The summed E-state index contributed by atoms with van der Waals surface area (Å²) in [4.78, 5) is 19.2. The van der Waals surface area contributed by atoms with E-state index in [9.17, 15) is 4.79 Å². The number of guanidine groups is 1. The quantitative estimate of drug-likeness (QED) is 0.204. The first kappa shape index (κ1) is 27.7. The number of methoxy groups -OCH3 is 1. The third kappa shape index (κ3) is 8.31. The first-order chi connectivity index (χ1) is 15.7. The zero-order chi connectivity index (χ0) is 22.7. The lowest BCUT2D eigenvalue weighted by molar-refractivity contribution is -0.130. The number of carbonyl (C=O) groups is 1. The van der Waals surface area contributed by atoms with Gasteiger partial charge in [0.05, 0.1) is 13.7 Å². The van der Waals surface area contributed by atoms with Gasteiger partial charge in [-0.2, -0.15) is 0 Å². The number of amides is 1. The minimum absolute atomic E-state index is 0. The molecule has 2 aliphatic rings. The number of rotatable bonds is 9. The molecule has 2 N–H and O–H groups in total. The molecule has 0 saturated carbocycles. The predicted octanol–water partition coefficient (Wildman–Crippen LogP) is 3.71. The van der Waals surface area contributed by atoms with Gasteiger partial charge in [-0.25, -0.2) is 0 Å². The number of nitrogens with one attached hydrogen (secondary N) is 2. The standard InChI is InChI=1S/C25H40N4O3.HI/c1-3-26-24(27-15-7-17-29-16-6-4-5-8-23(29)30)28-20-25(13-18-32-19-14-25)21-9-11-22(31-2)12-10-21;/h9-12H,3-8,13-20H2,1-2H3,(H2,26,27,28);1H. The van der Waals surface area contributed by atoms with Crippen LogP contribution in [0.4, 0.5) is 0 Å². The first-order valence-corrected chi connectivity index (χ1v) is 12.2. The van der Waals surface area contributed by atoms with Crippen molar-refractivity contribution in [3.8, 4) is 5.75 Å². The fraction of sp³-hybridized carbons (Fsp3) is 0.680. The van der Waals surface area contributed by atoms with E-state index in [-0.39, 0.29) is 29.4 Å². The van der Waals surface area contributed by atoms with Gasteiger partial charge in [0.2, 0.25) is 5.91 Å². The topological polar surface area (TPSA) is 75.2 Å². The molecule has 0 spiro atoms. The van der Waals surface area contributed by atoms with Crippen LogP contribution in [0.3, 0.4) is 0 Å². The molecule has 0 unspecified atom stereocenters. The van der Waals surface area contributed by atoms with Gasteiger partial charge in [0, 0.05) is 51.2 Å². The smallest absolute Gasteiger partial charge is 0.222 e. The fourth-order valence-electron chi connectivity index (χ4n) is 4.57. The van der Waals surface area contributed by atoms with Crippen LogP contribution < -0.4 is 15.4 Å². The average Bonchev–Trinajstić information content (AvgIpc) is 3.04. The van der Waals surface area contributed by atoms with Crippen molar-refractivity contribution in [2.45, 2.75) is 57.3 Å². The van der Waals surface area contributed by atoms with E-state index in [4.69, 9.17) is 14.5 Å². The molecule has 1 aromatic rings. The van der Waals surface area contributed by atoms with E-state index < -0.39 is 0 Å². The van der Waals surface area contributed by atoms with Crippen LogP contribution in [0.15, 0.2) is 29.3 Å². The normalized spacial score (nSPS) is 18.8. The molecule has 186 valence electrons. The zero-order valence-corrected chi connectivity index (χ0v) is 22.6. The van der Waals surface area contributed by atoms with E-state index in [2.05, 4.69) is 29.7 Å². The molecule has 0 bridgehead atoms. The van der Waals surface area contributed by atoms with E-state index in [1.165, 1.54) is 12.0 Å². The van der Waals surface area contributed by atoms with Gasteiger partial charge in [0.15, 0.2) is 5.96 Å². The number of aliphatic imine (C=N–C) groups is 1. The van der Waals surface area contributed by atoms with Crippen molar-refractivity contribution in [2.75, 3.05) is 53.0 Å². The van der Waals surface area contributed by atoms with Gasteiger partial charge in [0.25, 0.3) is 0 Å². The molecule has 0 aliphatic carbocycles. The van der Waals surface area contributed by atoms with Crippen LogP contribution in [0.1, 0.15) is 57.4 Å². The second-order valence-electron chi connectivity index (χ2n) is 8.79. The highest BCUT2D eigenvalue weighted by atomic mass is 127. The Balaban J connectivity index is 0.00000385. The molecule has 0 radical (unpaired) electrons. The number of ether oxygens (including phenoxy) is 2. The molecule has 1 aromatic carbocycles. The molecule has 2 aliphatic heterocycles. The third-order valence-electron chi connectivity index (χ3n) is 6.60. The summed E-state index contributed by atoms with van der Waals surface area (Å²) in [5, 5.41) is 6.84. The molecule has 3 rings (SSSR count). The molecule has 33 heavy (non-hydrogen) atoms. The zero-order valence-electron chi connectivity index (χ0n) is 20.2. The highest BCUT2D eigenvalue weighted by Crippen LogP contribution is 2.36. The van der Waals surface area contributed by atoms with Gasteiger partial charge in [-0.15, -0.1) is 24.0 Å². The number of halogens is 1. The minimum Gasteiger partial charge on any atom is -0.497 e. The van der Waals surface area contributed by atoms with Crippen molar-refractivity contribution >= 4 is 35.8 Å². The van der Waals surface area contributed by atoms with Crippen molar-refractivity contribution in [3.63, 3.8) is 0 Å². The Kier molecular flexibility index (Phi) is 12.3. The largest absolute Gasteiger partial charge is 0.497 e. The van der Waals surface area contributed by atoms with Crippen LogP contribution in [0, 0.1) is 0 Å². The van der Waals surface area contributed by atoms with Crippen LogP contribution in [-0.2, 0) is 14.9 Å². The molecular formula is C25H41IN4O3. The molecule has 2 fully saturated rings. The summed E-state index contributed by atoms with van der Waals surface area (Å²) < 4.78 is 11.0. The SMILES string of the molecule is CCNC(=NCC1(c2ccc(OC)cc2)CCOCC1)NCCCN1CCCCCC1=O.I. The summed E-state index contributed by atoms with van der Waals surface area (Å²) >= 11 is 0. The van der Waals surface area contributed by atoms with Crippen LogP contribution in [0.25, 0.3) is 0 Å². The number of hydrogen-bond acceptors (Lipinski definition) is 4. The Hall–Kier alpha value is -1.55. The number of hydrogen-bond donors (Lipinski definition) is 2. The monoisotopic (exact) mass is 572 g/mol. The number of benzene rings is 1. The number of carbonyl (C=O) groups excluding carboxylic acids is 1. The van der Waals surface area contributed by atoms with E-state index >= 15 is 0 Å². The van der Waals surface area contributed by atoms with Crippen molar-refractivity contribution in [1.82, 2.24) is 15.5 Å².